The maximum atomic E-state index is 11.7. The summed E-state index contributed by atoms with van der Waals surface area (Å²) in [5, 5.41) is 0. The van der Waals surface area contributed by atoms with Crippen molar-refractivity contribution in [1.82, 2.24) is 9.97 Å². The number of rotatable bonds is 4. The molecular weight excluding hydrogens is 292 g/mol. The number of H-pyrrole nitrogens is 1. The highest BCUT2D eigenvalue weighted by atomic mass is 16.5. The first-order valence-electron chi connectivity index (χ1n) is 7.40. The highest BCUT2D eigenvalue weighted by Gasteiger charge is 2.07. The molecule has 2 aromatic carbocycles. The van der Waals surface area contributed by atoms with E-state index in [1.165, 1.54) is 6.20 Å². The summed E-state index contributed by atoms with van der Waals surface area (Å²) >= 11 is 0. The van der Waals surface area contributed by atoms with Crippen LogP contribution >= 0.6 is 0 Å². The Morgan fingerprint density at radius 3 is 2.70 bits per heavy atom. The number of ether oxygens (including phenoxy) is 1. The van der Waals surface area contributed by atoms with E-state index in [0.29, 0.717) is 18.6 Å². The SMILES string of the molecule is CCOC(=O)c1ccc(Cc2cccc3[nH]c(=O)cnc23)cc1. The summed E-state index contributed by atoms with van der Waals surface area (Å²) in [6, 6.07) is 13.0. The van der Waals surface area contributed by atoms with Gasteiger partial charge in [0.05, 0.1) is 29.4 Å². The number of benzene rings is 2. The molecule has 0 aliphatic carbocycles. The lowest BCUT2D eigenvalue weighted by molar-refractivity contribution is 0.0526. The number of aromatic nitrogens is 2. The Hall–Kier alpha value is -2.95. The van der Waals surface area contributed by atoms with Crippen LogP contribution in [0.3, 0.4) is 0 Å². The Balaban J connectivity index is 1.87. The van der Waals surface area contributed by atoms with Crippen molar-refractivity contribution in [3.63, 3.8) is 0 Å². The van der Waals surface area contributed by atoms with Gasteiger partial charge in [-0.2, -0.15) is 0 Å². The van der Waals surface area contributed by atoms with Gasteiger partial charge in [0, 0.05) is 0 Å². The summed E-state index contributed by atoms with van der Waals surface area (Å²) in [4.78, 5) is 30.0. The quantitative estimate of drug-likeness (QED) is 0.752. The van der Waals surface area contributed by atoms with E-state index in [2.05, 4.69) is 9.97 Å². The number of esters is 1. The van der Waals surface area contributed by atoms with Crippen molar-refractivity contribution < 1.29 is 9.53 Å². The number of carbonyl (C=O) groups excluding carboxylic acids is 1. The van der Waals surface area contributed by atoms with Crippen LogP contribution in [-0.4, -0.2) is 22.5 Å². The maximum absolute atomic E-state index is 11.7. The van der Waals surface area contributed by atoms with Crippen molar-refractivity contribution >= 4 is 17.0 Å². The molecule has 0 aliphatic rings. The first-order valence-corrected chi connectivity index (χ1v) is 7.40. The van der Waals surface area contributed by atoms with E-state index in [-0.39, 0.29) is 11.5 Å². The van der Waals surface area contributed by atoms with Crippen molar-refractivity contribution in [1.29, 1.82) is 0 Å². The number of nitrogens with one attached hydrogen (secondary N) is 1. The van der Waals surface area contributed by atoms with Crippen molar-refractivity contribution in [2.45, 2.75) is 13.3 Å². The molecule has 0 saturated carbocycles. The number of hydrogen-bond acceptors (Lipinski definition) is 4. The molecule has 23 heavy (non-hydrogen) atoms. The first kappa shape index (κ1) is 15.0. The van der Waals surface area contributed by atoms with Crippen molar-refractivity contribution in [2.24, 2.45) is 0 Å². The molecule has 1 aromatic heterocycles. The Kier molecular flexibility index (Phi) is 4.19. The number of fused-ring (bicyclic) bond motifs is 1. The normalized spacial score (nSPS) is 10.7. The van der Waals surface area contributed by atoms with Gasteiger partial charge in [0.1, 0.15) is 0 Å². The monoisotopic (exact) mass is 308 g/mol. The van der Waals surface area contributed by atoms with E-state index < -0.39 is 0 Å². The fourth-order valence-electron chi connectivity index (χ4n) is 2.47. The zero-order chi connectivity index (χ0) is 16.2. The van der Waals surface area contributed by atoms with Gasteiger partial charge in [-0.05, 0) is 42.7 Å². The predicted octanol–water partition coefficient (Wildman–Crippen LogP) is 2.69. The van der Waals surface area contributed by atoms with Crippen LogP contribution in [0.4, 0.5) is 0 Å². The standard InChI is InChI=1S/C18H16N2O3/c1-2-23-18(22)13-8-6-12(7-9-13)10-14-4-3-5-15-17(14)19-11-16(21)20-15/h3-9,11H,2,10H2,1H3,(H,20,21). The number of carbonyl (C=O) groups is 1. The highest BCUT2D eigenvalue weighted by molar-refractivity contribution is 5.89. The van der Waals surface area contributed by atoms with E-state index >= 15 is 0 Å². The summed E-state index contributed by atoms with van der Waals surface area (Å²) in [7, 11) is 0. The number of nitrogens with zero attached hydrogens (tertiary/aromatic N) is 1. The molecular formula is C18H16N2O3. The van der Waals surface area contributed by atoms with E-state index in [1.807, 2.05) is 30.3 Å². The average molecular weight is 308 g/mol. The zero-order valence-electron chi connectivity index (χ0n) is 12.7. The molecule has 0 fully saturated rings. The van der Waals surface area contributed by atoms with Gasteiger partial charge in [0.15, 0.2) is 0 Å². The Bertz CT molecular complexity index is 898. The largest absolute Gasteiger partial charge is 0.462 e. The summed E-state index contributed by atoms with van der Waals surface area (Å²) in [5.41, 5.74) is 3.89. The third-order valence-corrected chi connectivity index (χ3v) is 3.55. The molecule has 0 saturated heterocycles. The van der Waals surface area contributed by atoms with Crippen molar-refractivity contribution in [2.75, 3.05) is 6.61 Å². The Labute approximate surface area is 133 Å². The second-order valence-corrected chi connectivity index (χ2v) is 5.15. The fourth-order valence-corrected chi connectivity index (χ4v) is 2.47. The molecule has 0 bridgehead atoms. The molecule has 3 rings (SSSR count). The first-order chi connectivity index (χ1) is 11.2. The molecule has 116 valence electrons. The van der Waals surface area contributed by atoms with Crippen LogP contribution in [0.2, 0.25) is 0 Å². The van der Waals surface area contributed by atoms with Gasteiger partial charge < -0.3 is 9.72 Å². The minimum atomic E-state index is -0.316. The molecule has 0 radical (unpaired) electrons. The Morgan fingerprint density at radius 1 is 1.17 bits per heavy atom. The van der Waals surface area contributed by atoms with E-state index in [1.54, 1.807) is 19.1 Å². The second-order valence-electron chi connectivity index (χ2n) is 5.15. The third kappa shape index (κ3) is 3.29. The lowest BCUT2D eigenvalue weighted by Gasteiger charge is -2.07. The second kappa shape index (κ2) is 6.44. The smallest absolute Gasteiger partial charge is 0.338 e. The minimum Gasteiger partial charge on any atom is -0.462 e. The molecule has 3 aromatic rings. The number of aromatic amines is 1. The summed E-state index contributed by atoms with van der Waals surface area (Å²) in [6.45, 7) is 2.14. The lowest BCUT2D eigenvalue weighted by atomic mass is 10.0. The molecule has 0 atom stereocenters. The zero-order valence-corrected chi connectivity index (χ0v) is 12.7. The van der Waals surface area contributed by atoms with Crippen LogP contribution in [0.5, 0.6) is 0 Å². The molecule has 0 unspecified atom stereocenters. The molecule has 5 nitrogen and oxygen atoms in total. The molecule has 5 heteroatoms. The van der Waals surface area contributed by atoms with Crippen LogP contribution in [0, 0.1) is 0 Å². The average Bonchev–Trinajstić information content (AvgIpc) is 2.55. The van der Waals surface area contributed by atoms with Crippen LogP contribution in [0.15, 0.2) is 53.5 Å². The maximum Gasteiger partial charge on any atom is 0.338 e. The van der Waals surface area contributed by atoms with Crippen molar-refractivity contribution in [3.05, 3.63) is 75.7 Å². The Morgan fingerprint density at radius 2 is 1.96 bits per heavy atom. The van der Waals surface area contributed by atoms with E-state index in [9.17, 15) is 9.59 Å². The topological polar surface area (TPSA) is 72.1 Å². The summed E-state index contributed by atoms with van der Waals surface area (Å²) < 4.78 is 4.97. The highest BCUT2D eigenvalue weighted by Crippen LogP contribution is 2.17. The molecule has 0 spiro atoms. The van der Waals surface area contributed by atoms with E-state index in [4.69, 9.17) is 4.74 Å². The summed E-state index contributed by atoms with van der Waals surface area (Å²) in [5.74, 6) is -0.316. The van der Waals surface area contributed by atoms with Crippen LogP contribution in [-0.2, 0) is 11.2 Å². The summed E-state index contributed by atoms with van der Waals surface area (Å²) in [6.07, 6.45) is 1.95. The minimum absolute atomic E-state index is 0.214. The molecule has 0 aliphatic heterocycles. The van der Waals surface area contributed by atoms with Gasteiger partial charge in [0.2, 0.25) is 0 Å². The van der Waals surface area contributed by atoms with Gasteiger partial charge in [-0.15, -0.1) is 0 Å². The molecule has 1 N–H and O–H groups in total. The van der Waals surface area contributed by atoms with Crippen LogP contribution < -0.4 is 5.56 Å². The van der Waals surface area contributed by atoms with Gasteiger partial charge in [0.25, 0.3) is 5.56 Å². The fraction of sp³-hybridized carbons (Fsp3) is 0.167. The molecule has 1 heterocycles. The number of para-hydroxylation sites is 1. The van der Waals surface area contributed by atoms with Gasteiger partial charge in [-0.3, -0.25) is 4.79 Å². The van der Waals surface area contributed by atoms with Gasteiger partial charge in [-0.25, -0.2) is 9.78 Å². The van der Waals surface area contributed by atoms with Crippen molar-refractivity contribution in [3.8, 4) is 0 Å². The van der Waals surface area contributed by atoms with Crippen LogP contribution in [0.25, 0.3) is 11.0 Å². The van der Waals surface area contributed by atoms with Gasteiger partial charge >= 0.3 is 5.97 Å². The van der Waals surface area contributed by atoms with Gasteiger partial charge in [-0.1, -0.05) is 24.3 Å². The number of hydrogen-bond donors (Lipinski definition) is 1. The van der Waals surface area contributed by atoms with E-state index in [0.717, 1.165) is 22.2 Å². The predicted molar refractivity (Wildman–Crippen MR) is 87.6 cm³/mol. The van der Waals surface area contributed by atoms with Crippen LogP contribution in [0.1, 0.15) is 28.4 Å². The third-order valence-electron chi connectivity index (χ3n) is 3.55. The molecule has 0 amide bonds. The lowest BCUT2D eigenvalue weighted by Crippen LogP contribution is -2.06.